The number of piperidine rings is 1. The summed E-state index contributed by atoms with van der Waals surface area (Å²) in [6, 6.07) is 11.8. The van der Waals surface area contributed by atoms with Crippen molar-refractivity contribution in [1.29, 1.82) is 0 Å². The third kappa shape index (κ3) is 4.34. The molecule has 3 aliphatic rings. The van der Waals surface area contributed by atoms with E-state index >= 15 is 0 Å². The molecule has 0 spiro atoms. The van der Waals surface area contributed by atoms with Crippen molar-refractivity contribution in [2.75, 3.05) is 20.3 Å². The van der Waals surface area contributed by atoms with E-state index in [0.717, 1.165) is 18.4 Å². The van der Waals surface area contributed by atoms with Crippen LogP contribution in [0.25, 0.3) is 0 Å². The maximum absolute atomic E-state index is 13.2. The van der Waals surface area contributed by atoms with Gasteiger partial charge in [0.25, 0.3) is 11.8 Å². The number of amides is 4. The van der Waals surface area contributed by atoms with E-state index in [2.05, 4.69) is 5.32 Å². The maximum atomic E-state index is 13.2. The SMILES string of the molecule is COc1ccccc1C(=O)N1CCC[C@@H]1COc1ccc2c(c1)CN(C1CCC(=O)NC1=O)C2=O. The molecule has 182 valence electrons. The fourth-order valence-corrected chi connectivity index (χ4v) is 5.09. The van der Waals surface area contributed by atoms with Gasteiger partial charge in [-0.05, 0) is 55.2 Å². The molecule has 2 aromatic carbocycles. The third-order valence-electron chi connectivity index (χ3n) is 6.91. The van der Waals surface area contributed by atoms with Crippen molar-refractivity contribution in [2.24, 2.45) is 0 Å². The van der Waals surface area contributed by atoms with Crippen molar-refractivity contribution in [3.8, 4) is 11.5 Å². The molecule has 1 N–H and O–H groups in total. The van der Waals surface area contributed by atoms with Crippen LogP contribution in [0.2, 0.25) is 0 Å². The van der Waals surface area contributed by atoms with E-state index in [-0.39, 0.29) is 30.2 Å². The van der Waals surface area contributed by atoms with Crippen molar-refractivity contribution >= 4 is 23.6 Å². The number of nitrogens with one attached hydrogen (secondary N) is 1. The van der Waals surface area contributed by atoms with Crippen molar-refractivity contribution in [3.05, 3.63) is 59.2 Å². The summed E-state index contributed by atoms with van der Waals surface area (Å²) >= 11 is 0. The number of ether oxygens (including phenoxy) is 2. The summed E-state index contributed by atoms with van der Waals surface area (Å²) in [5, 5.41) is 2.31. The molecule has 0 aliphatic carbocycles. The van der Waals surface area contributed by atoms with Gasteiger partial charge in [0.2, 0.25) is 11.8 Å². The molecule has 9 nitrogen and oxygen atoms in total. The van der Waals surface area contributed by atoms with Crippen LogP contribution in [0.4, 0.5) is 0 Å². The zero-order valence-corrected chi connectivity index (χ0v) is 19.5. The van der Waals surface area contributed by atoms with Gasteiger partial charge in [0.1, 0.15) is 24.1 Å². The first kappa shape index (κ1) is 22.9. The lowest BCUT2D eigenvalue weighted by atomic mass is 10.0. The topological polar surface area (TPSA) is 105 Å². The van der Waals surface area contributed by atoms with Crippen LogP contribution >= 0.6 is 0 Å². The third-order valence-corrected chi connectivity index (χ3v) is 6.91. The summed E-state index contributed by atoms with van der Waals surface area (Å²) in [6.45, 7) is 1.29. The molecule has 2 aromatic rings. The Hall–Kier alpha value is -3.88. The number of carbonyl (C=O) groups excluding carboxylic acids is 4. The van der Waals surface area contributed by atoms with Gasteiger partial charge in [0, 0.05) is 25.1 Å². The highest BCUT2D eigenvalue weighted by Gasteiger charge is 2.39. The summed E-state index contributed by atoms with van der Waals surface area (Å²) in [5.41, 5.74) is 1.85. The zero-order valence-electron chi connectivity index (χ0n) is 19.5. The summed E-state index contributed by atoms with van der Waals surface area (Å²) in [6.07, 6.45) is 2.28. The first-order valence-corrected chi connectivity index (χ1v) is 11.8. The lowest BCUT2D eigenvalue weighted by Gasteiger charge is -2.29. The second-order valence-electron chi connectivity index (χ2n) is 9.02. The van der Waals surface area contributed by atoms with E-state index in [9.17, 15) is 19.2 Å². The Morgan fingerprint density at radius 3 is 2.74 bits per heavy atom. The number of hydrogen-bond acceptors (Lipinski definition) is 6. The fourth-order valence-electron chi connectivity index (χ4n) is 5.09. The highest BCUT2D eigenvalue weighted by Crippen LogP contribution is 2.31. The summed E-state index contributed by atoms with van der Waals surface area (Å²) in [5.74, 6) is 0.126. The normalized spacial score (nSPS) is 21.7. The van der Waals surface area contributed by atoms with E-state index < -0.39 is 11.9 Å². The smallest absolute Gasteiger partial charge is 0.257 e. The number of hydrogen-bond donors (Lipinski definition) is 1. The van der Waals surface area contributed by atoms with Crippen LogP contribution in [0.15, 0.2) is 42.5 Å². The van der Waals surface area contributed by atoms with E-state index in [1.54, 1.807) is 31.4 Å². The van der Waals surface area contributed by atoms with Crippen LogP contribution in [-0.4, -0.2) is 65.8 Å². The lowest BCUT2D eigenvalue weighted by Crippen LogP contribution is -2.52. The number of benzene rings is 2. The van der Waals surface area contributed by atoms with E-state index in [1.165, 1.54) is 4.90 Å². The van der Waals surface area contributed by atoms with Crippen LogP contribution in [0, 0.1) is 0 Å². The number of methoxy groups -OCH3 is 1. The molecule has 4 amide bonds. The molecule has 5 rings (SSSR count). The number of para-hydroxylation sites is 1. The molecule has 2 saturated heterocycles. The van der Waals surface area contributed by atoms with E-state index in [1.807, 2.05) is 23.1 Å². The number of rotatable bonds is 6. The largest absolute Gasteiger partial charge is 0.496 e. The highest BCUT2D eigenvalue weighted by atomic mass is 16.5. The summed E-state index contributed by atoms with van der Waals surface area (Å²) in [7, 11) is 1.55. The van der Waals surface area contributed by atoms with Crippen molar-refractivity contribution < 1.29 is 28.7 Å². The van der Waals surface area contributed by atoms with Gasteiger partial charge < -0.3 is 19.3 Å². The molecular weight excluding hydrogens is 450 g/mol. The predicted octanol–water partition coefficient (Wildman–Crippen LogP) is 2.14. The minimum Gasteiger partial charge on any atom is -0.496 e. The standard InChI is InChI=1S/C26H27N3O6/c1-34-22-7-3-2-6-20(22)26(33)28-12-4-5-17(28)15-35-18-8-9-19-16(13-18)14-29(25(19)32)21-10-11-23(30)27-24(21)31/h2-3,6-9,13,17,21H,4-5,10-12,14-15H2,1H3,(H,27,30,31)/t17-,21?/m1/s1. The lowest BCUT2D eigenvalue weighted by molar-refractivity contribution is -0.136. The van der Waals surface area contributed by atoms with Crippen molar-refractivity contribution in [2.45, 2.75) is 44.3 Å². The minimum atomic E-state index is -0.648. The van der Waals surface area contributed by atoms with E-state index in [4.69, 9.17) is 9.47 Å². The molecule has 35 heavy (non-hydrogen) atoms. The van der Waals surface area contributed by atoms with Crippen LogP contribution in [0.5, 0.6) is 11.5 Å². The Morgan fingerprint density at radius 2 is 1.94 bits per heavy atom. The van der Waals surface area contributed by atoms with Crippen LogP contribution in [-0.2, 0) is 16.1 Å². The molecule has 0 bridgehead atoms. The molecule has 0 aromatic heterocycles. The Labute approximate surface area is 203 Å². The van der Waals surface area contributed by atoms with Gasteiger partial charge in [0.15, 0.2) is 0 Å². The molecule has 2 atom stereocenters. The highest BCUT2D eigenvalue weighted by molar-refractivity contribution is 6.05. The van der Waals surface area contributed by atoms with Crippen molar-refractivity contribution in [1.82, 2.24) is 15.1 Å². The second kappa shape index (κ2) is 9.40. The van der Waals surface area contributed by atoms with Gasteiger partial charge in [-0.3, -0.25) is 24.5 Å². The molecular formula is C26H27N3O6. The first-order chi connectivity index (χ1) is 17.0. The predicted molar refractivity (Wildman–Crippen MR) is 125 cm³/mol. The fraction of sp³-hybridized carbons (Fsp3) is 0.385. The van der Waals surface area contributed by atoms with Gasteiger partial charge in [-0.25, -0.2) is 0 Å². The van der Waals surface area contributed by atoms with E-state index in [0.29, 0.717) is 48.7 Å². The Kier molecular flexibility index (Phi) is 6.15. The number of likely N-dealkylation sites (tertiary alicyclic amines) is 1. The zero-order chi connectivity index (χ0) is 24.5. The first-order valence-electron chi connectivity index (χ1n) is 11.8. The number of nitrogens with zero attached hydrogens (tertiary/aromatic N) is 2. The van der Waals surface area contributed by atoms with Crippen LogP contribution < -0.4 is 14.8 Å². The Morgan fingerprint density at radius 1 is 1.11 bits per heavy atom. The average Bonchev–Trinajstić information content (AvgIpc) is 3.46. The number of carbonyl (C=O) groups is 4. The van der Waals surface area contributed by atoms with Crippen LogP contribution in [0.1, 0.15) is 52.0 Å². The summed E-state index contributed by atoms with van der Waals surface area (Å²) in [4.78, 5) is 53.1. The van der Waals surface area contributed by atoms with Crippen molar-refractivity contribution in [3.63, 3.8) is 0 Å². The van der Waals surface area contributed by atoms with Gasteiger partial charge in [-0.1, -0.05) is 12.1 Å². The minimum absolute atomic E-state index is 0.0673. The van der Waals surface area contributed by atoms with Gasteiger partial charge in [0.05, 0.1) is 18.7 Å². The monoisotopic (exact) mass is 477 g/mol. The number of fused-ring (bicyclic) bond motifs is 1. The quantitative estimate of drug-likeness (QED) is 0.640. The average molecular weight is 478 g/mol. The number of imide groups is 1. The van der Waals surface area contributed by atoms with Gasteiger partial charge >= 0.3 is 0 Å². The second-order valence-corrected chi connectivity index (χ2v) is 9.02. The molecule has 9 heteroatoms. The molecule has 1 unspecified atom stereocenters. The molecule has 2 fully saturated rings. The molecule has 3 aliphatic heterocycles. The van der Waals surface area contributed by atoms with Gasteiger partial charge in [-0.2, -0.15) is 0 Å². The molecule has 0 saturated carbocycles. The van der Waals surface area contributed by atoms with Crippen LogP contribution in [0.3, 0.4) is 0 Å². The Bertz CT molecular complexity index is 1200. The molecule has 3 heterocycles. The Balaban J connectivity index is 1.25. The maximum Gasteiger partial charge on any atom is 0.257 e. The van der Waals surface area contributed by atoms with Gasteiger partial charge in [-0.15, -0.1) is 0 Å². The molecule has 0 radical (unpaired) electrons. The summed E-state index contributed by atoms with van der Waals surface area (Å²) < 4.78 is 11.4.